The highest BCUT2D eigenvalue weighted by Crippen LogP contribution is 2.30. The number of benzene rings is 3. The van der Waals surface area contributed by atoms with Gasteiger partial charge in [-0.3, -0.25) is 9.10 Å². The first-order chi connectivity index (χ1) is 19.2. The van der Waals surface area contributed by atoms with Crippen molar-refractivity contribution in [1.29, 1.82) is 0 Å². The predicted octanol–water partition coefficient (Wildman–Crippen LogP) is 5.78. The van der Waals surface area contributed by atoms with Crippen LogP contribution in [0.3, 0.4) is 0 Å². The molecule has 1 amide bonds. The highest BCUT2D eigenvalue weighted by atomic mass is 35.5. The topological polar surface area (TPSA) is 118 Å². The van der Waals surface area contributed by atoms with Gasteiger partial charge in [-0.1, -0.05) is 53.5 Å². The van der Waals surface area contributed by atoms with Crippen molar-refractivity contribution < 1.29 is 27.2 Å². The molecule has 0 atom stereocenters. The zero-order chi connectivity index (χ0) is 28.7. The molecule has 0 saturated carbocycles. The van der Waals surface area contributed by atoms with Crippen LogP contribution in [0.1, 0.15) is 23.0 Å². The van der Waals surface area contributed by atoms with Crippen molar-refractivity contribution in [2.24, 2.45) is 5.10 Å². The number of furan rings is 1. The van der Waals surface area contributed by atoms with Gasteiger partial charge in [0, 0.05) is 5.56 Å². The molecular weight excluding hydrogens is 577 g/mol. The summed E-state index contributed by atoms with van der Waals surface area (Å²) in [6, 6.07) is 22.0. The number of carbonyl (C=O) groups is 2. The quantitative estimate of drug-likeness (QED) is 0.140. The maximum Gasteiger partial charge on any atom is 0.338 e. The SMILES string of the molecule is CCOC(=O)c1ccc(-c2ccc(/C=N\NC(=O)CN(c3ccc(Cl)c(Cl)c3)S(=O)(=O)c3ccccc3)o2)cc1. The smallest absolute Gasteiger partial charge is 0.338 e. The molecule has 1 aromatic heterocycles. The summed E-state index contributed by atoms with van der Waals surface area (Å²) in [5.74, 6) is -0.263. The molecule has 1 N–H and O–H groups in total. The summed E-state index contributed by atoms with van der Waals surface area (Å²) in [4.78, 5) is 24.6. The van der Waals surface area contributed by atoms with E-state index in [1.165, 1.54) is 36.5 Å². The molecule has 0 spiro atoms. The van der Waals surface area contributed by atoms with Crippen LogP contribution in [0.25, 0.3) is 11.3 Å². The Hall–Kier alpha value is -4.12. The minimum atomic E-state index is -4.12. The number of nitrogens with one attached hydrogen (secondary N) is 1. The highest BCUT2D eigenvalue weighted by Gasteiger charge is 2.27. The molecule has 206 valence electrons. The van der Waals surface area contributed by atoms with Crippen LogP contribution in [0.15, 0.2) is 99.3 Å². The molecule has 12 heteroatoms. The summed E-state index contributed by atoms with van der Waals surface area (Å²) < 4.78 is 38.4. The van der Waals surface area contributed by atoms with Gasteiger partial charge in [0.25, 0.3) is 15.9 Å². The van der Waals surface area contributed by atoms with E-state index in [1.54, 1.807) is 61.5 Å². The molecule has 0 radical (unpaired) electrons. The van der Waals surface area contributed by atoms with Gasteiger partial charge in [-0.15, -0.1) is 0 Å². The second-order valence-electron chi connectivity index (χ2n) is 8.22. The highest BCUT2D eigenvalue weighted by molar-refractivity contribution is 7.92. The maximum atomic E-state index is 13.4. The number of ether oxygens (including phenoxy) is 1. The number of halogens is 2. The number of rotatable bonds is 10. The molecule has 40 heavy (non-hydrogen) atoms. The Morgan fingerprint density at radius 3 is 2.38 bits per heavy atom. The van der Waals surface area contributed by atoms with E-state index < -0.39 is 28.4 Å². The first kappa shape index (κ1) is 28.9. The number of amides is 1. The number of carbonyl (C=O) groups excluding carboxylic acids is 2. The number of sulfonamides is 1. The Balaban J connectivity index is 1.46. The standard InChI is InChI=1S/C28H23Cl2N3O6S/c1-2-38-28(35)20-10-8-19(9-11-20)26-15-13-22(39-26)17-31-32-27(34)18-33(21-12-14-24(29)25(30)16-21)40(36,37)23-6-4-3-5-7-23/h3-17H,2,18H2,1H3,(H,32,34)/b31-17-. The van der Waals surface area contributed by atoms with Gasteiger partial charge in [0.15, 0.2) is 0 Å². The zero-order valence-electron chi connectivity index (χ0n) is 21.1. The van der Waals surface area contributed by atoms with Gasteiger partial charge in [-0.25, -0.2) is 18.6 Å². The third-order valence-electron chi connectivity index (χ3n) is 5.50. The van der Waals surface area contributed by atoms with E-state index in [-0.39, 0.29) is 27.2 Å². The Morgan fingerprint density at radius 1 is 0.975 bits per heavy atom. The van der Waals surface area contributed by atoms with Crippen molar-refractivity contribution in [3.05, 3.63) is 106 Å². The molecule has 0 bridgehead atoms. The molecule has 0 fully saturated rings. The van der Waals surface area contributed by atoms with Crippen molar-refractivity contribution >= 4 is 57.0 Å². The summed E-state index contributed by atoms with van der Waals surface area (Å²) in [5, 5.41) is 4.27. The van der Waals surface area contributed by atoms with Gasteiger partial charge < -0.3 is 9.15 Å². The predicted molar refractivity (Wildman–Crippen MR) is 153 cm³/mol. The second kappa shape index (κ2) is 12.8. The number of esters is 1. The number of hydrogen-bond donors (Lipinski definition) is 1. The van der Waals surface area contributed by atoms with Crippen LogP contribution in [-0.2, 0) is 19.6 Å². The van der Waals surface area contributed by atoms with Crippen molar-refractivity contribution in [1.82, 2.24) is 5.43 Å². The monoisotopic (exact) mass is 599 g/mol. The largest absolute Gasteiger partial charge is 0.462 e. The summed E-state index contributed by atoms with van der Waals surface area (Å²) in [6.07, 6.45) is 1.28. The van der Waals surface area contributed by atoms with Crippen molar-refractivity contribution in [3.8, 4) is 11.3 Å². The number of hydrogen-bond acceptors (Lipinski definition) is 7. The van der Waals surface area contributed by atoms with Crippen LogP contribution in [-0.4, -0.2) is 39.7 Å². The van der Waals surface area contributed by atoms with Gasteiger partial charge in [-0.2, -0.15) is 5.10 Å². The van der Waals surface area contributed by atoms with Crippen molar-refractivity contribution in [2.75, 3.05) is 17.5 Å². The van der Waals surface area contributed by atoms with E-state index in [0.29, 0.717) is 17.1 Å². The molecule has 9 nitrogen and oxygen atoms in total. The first-order valence-electron chi connectivity index (χ1n) is 11.9. The number of hydrazone groups is 1. The van der Waals surface area contributed by atoms with E-state index in [1.807, 2.05) is 0 Å². The van der Waals surface area contributed by atoms with Crippen LogP contribution in [0.4, 0.5) is 5.69 Å². The average molecular weight is 600 g/mol. The lowest BCUT2D eigenvalue weighted by atomic mass is 10.1. The van der Waals surface area contributed by atoms with E-state index in [9.17, 15) is 18.0 Å². The number of nitrogens with zero attached hydrogens (tertiary/aromatic N) is 2. The molecule has 1 heterocycles. The second-order valence-corrected chi connectivity index (χ2v) is 10.9. The van der Waals surface area contributed by atoms with Crippen LogP contribution >= 0.6 is 23.2 Å². The zero-order valence-corrected chi connectivity index (χ0v) is 23.4. The molecule has 0 aliphatic heterocycles. The third kappa shape index (κ3) is 6.90. The van der Waals surface area contributed by atoms with E-state index in [4.69, 9.17) is 32.4 Å². The van der Waals surface area contributed by atoms with Crippen LogP contribution < -0.4 is 9.73 Å². The minimum absolute atomic E-state index is 0.00391. The van der Waals surface area contributed by atoms with Gasteiger partial charge >= 0.3 is 5.97 Å². The van der Waals surface area contributed by atoms with Gasteiger partial charge in [0.05, 0.1) is 39.0 Å². The molecule has 0 aliphatic rings. The van der Waals surface area contributed by atoms with Gasteiger partial charge in [-0.05, 0) is 61.5 Å². The average Bonchev–Trinajstić information content (AvgIpc) is 3.43. The first-order valence-corrected chi connectivity index (χ1v) is 14.1. The molecule has 0 aliphatic carbocycles. The van der Waals surface area contributed by atoms with Gasteiger partial charge in [0.1, 0.15) is 18.1 Å². The fraction of sp³-hybridized carbons (Fsp3) is 0.107. The molecule has 4 rings (SSSR count). The normalized spacial score (nSPS) is 11.4. The summed E-state index contributed by atoms with van der Waals surface area (Å²) >= 11 is 12.1. The Kier molecular flexibility index (Phi) is 9.26. The minimum Gasteiger partial charge on any atom is -0.462 e. The summed E-state index contributed by atoms with van der Waals surface area (Å²) in [5.41, 5.74) is 3.61. The fourth-order valence-corrected chi connectivity index (χ4v) is 5.30. The van der Waals surface area contributed by atoms with E-state index >= 15 is 0 Å². The molecule has 3 aromatic carbocycles. The Morgan fingerprint density at radius 2 is 1.70 bits per heavy atom. The fourth-order valence-electron chi connectivity index (χ4n) is 3.57. The molecular formula is C28H23Cl2N3O6S. The maximum absolute atomic E-state index is 13.4. The van der Waals surface area contributed by atoms with E-state index in [0.717, 1.165) is 9.87 Å². The Bertz CT molecular complexity index is 1640. The molecule has 0 unspecified atom stereocenters. The lowest BCUT2D eigenvalue weighted by Crippen LogP contribution is -2.39. The van der Waals surface area contributed by atoms with Crippen molar-refractivity contribution in [3.63, 3.8) is 0 Å². The van der Waals surface area contributed by atoms with Crippen LogP contribution in [0.5, 0.6) is 0 Å². The molecule has 0 saturated heterocycles. The van der Waals surface area contributed by atoms with E-state index in [2.05, 4.69) is 10.5 Å². The summed E-state index contributed by atoms with van der Waals surface area (Å²) in [6.45, 7) is 1.44. The molecule has 4 aromatic rings. The van der Waals surface area contributed by atoms with Crippen LogP contribution in [0.2, 0.25) is 10.0 Å². The third-order valence-corrected chi connectivity index (χ3v) is 8.03. The number of anilines is 1. The summed E-state index contributed by atoms with van der Waals surface area (Å²) in [7, 11) is -4.12. The van der Waals surface area contributed by atoms with Gasteiger partial charge in [0.2, 0.25) is 0 Å². The Labute approximate surface area is 241 Å². The van der Waals surface area contributed by atoms with Crippen molar-refractivity contribution in [2.45, 2.75) is 11.8 Å². The lowest BCUT2D eigenvalue weighted by molar-refractivity contribution is -0.119. The lowest BCUT2D eigenvalue weighted by Gasteiger charge is -2.24. The van der Waals surface area contributed by atoms with Crippen LogP contribution in [0, 0.1) is 0 Å².